The largest absolute Gasteiger partial charge is 0.495 e. The zero-order valence-corrected chi connectivity index (χ0v) is 12.7. The number of aliphatic hydroxyl groups is 1. The smallest absolute Gasteiger partial charge is 0.135 e. The lowest BCUT2D eigenvalue weighted by Crippen LogP contribution is -2.05. The number of aliphatic hydroxyl groups excluding tert-OH is 1. The van der Waals surface area contributed by atoms with E-state index in [2.05, 4.69) is 32.9 Å². The van der Waals surface area contributed by atoms with Crippen molar-refractivity contribution in [3.8, 4) is 5.75 Å². The highest BCUT2D eigenvalue weighted by Gasteiger charge is 2.17. The van der Waals surface area contributed by atoms with Crippen LogP contribution in [-0.2, 0) is 6.42 Å². The van der Waals surface area contributed by atoms with Crippen LogP contribution in [0.25, 0.3) is 0 Å². The molecule has 2 nitrogen and oxygen atoms in total. The fourth-order valence-corrected chi connectivity index (χ4v) is 3.38. The van der Waals surface area contributed by atoms with Crippen molar-refractivity contribution in [3.05, 3.63) is 50.7 Å². The number of hydrogen-bond donors (Lipinski definition) is 1. The van der Waals surface area contributed by atoms with E-state index in [4.69, 9.17) is 4.74 Å². The van der Waals surface area contributed by atoms with Gasteiger partial charge in [0, 0.05) is 6.42 Å². The third-order valence-electron chi connectivity index (χ3n) is 3.42. The molecular formula is C16H20O2S. The summed E-state index contributed by atoms with van der Waals surface area (Å²) in [5.41, 5.74) is 4.98. The molecule has 1 N–H and O–H groups in total. The van der Waals surface area contributed by atoms with Crippen LogP contribution in [0.4, 0.5) is 0 Å². The first-order valence-electron chi connectivity index (χ1n) is 6.39. The molecule has 19 heavy (non-hydrogen) atoms. The van der Waals surface area contributed by atoms with Gasteiger partial charge >= 0.3 is 0 Å². The van der Waals surface area contributed by atoms with Gasteiger partial charge in [0.1, 0.15) is 5.75 Å². The summed E-state index contributed by atoms with van der Waals surface area (Å²) in [5.74, 6) is 0.778. The first-order chi connectivity index (χ1) is 9.02. The Morgan fingerprint density at radius 1 is 1.21 bits per heavy atom. The van der Waals surface area contributed by atoms with Crippen LogP contribution in [0.3, 0.4) is 0 Å². The van der Waals surface area contributed by atoms with Crippen molar-refractivity contribution in [1.29, 1.82) is 0 Å². The van der Waals surface area contributed by atoms with E-state index in [1.165, 1.54) is 22.3 Å². The molecule has 0 radical (unpaired) electrons. The van der Waals surface area contributed by atoms with Crippen LogP contribution in [-0.4, -0.2) is 12.2 Å². The van der Waals surface area contributed by atoms with Gasteiger partial charge in [0.15, 0.2) is 0 Å². The summed E-state index contributed by atoms with van der Waals surface area (Å²) in [6.45, 7) is 6.31. The molecule has 0 bridgehead atoms. The van der Waals surface area contributed by atoms with Gasteiger partial charge in [-0.1, -0.05) is 17.7 Å². The number of thiophene rings is 1. The van der Waals surface area contributed by atoms with Crippen LogP contribution < -0.4 is 4.74 Å². The average Bonchev–Trinajstić information content (AvgIpc) is 2.81. The normalized spacial score (nSPS) is 12.5. The van der Waals surface area contributed by atoms with Gasteiger partial charge in [0.05, 0.1) is 18.1 Å². The fourth-order valence-electron chi connectivity index (χ4n) is 2.54. The molecule has 1 atom stereocenters. The van der Waals surface area contributed by atoms with Gasteiger partial charge in [-0.15, -0.1) is 11.3 Å². The van der Waals surface area contributed by atoms with Gasteiger partial charge in [0.2, 0.25) is 0 Å². The first kappa shape index (κ1) is 14.1. The van der Waals surface area contributed by atoms with Crippen molar-refractivity contribution < 1.29 is 9.84 Å². The second-order valence-corrected chi connectivity index (χ2v) is 5.90. The molecule has 0 saturated heterocycles. The van der Waals surface area contributed by atoms with E-state index < -0.39 is 6.10 Å². The van der Waals surface area contributed by atoms with E-state index in [1.54, 1.807) is 18.4 Å². The summed E-state index contributed by atoms with van der Waals surface area (Å²) in [6.07, 6.45) is 0.129. The van der Waals surface area contributed by atoms with Crippen LogP contribution in [0.2, 0.25) is 0 Å². The van der Waals surface area contributed by atoms with E-state index in [1.807, 2.05) is 11.4 Å². The summed E-state index contributed by atoms with van der Waals surface area (Å²) in [6, 6.07) is 6.24. The minimum Gasteiger partial charge on any atom is -0.495 e. The summed E-state index contributed by atoms with van der Waals surface area (Å²) in [5, 5.41) is 12.4. The molecule has 2 aromatic rings. The minimum atomic E-state index is -0.505. The molecule has 2 rings (SSSR count). The summed E-state index contributed by atoms with van der Waals surface area (Å²) < 4.78 is 5.27. The molecule has 1 aromatic heterocycles. The quantitative estimate of drug-likeness (QED) is 0.916. The lowest BCUT2D eigenvalue weighted by Gasteiger charge is -2.16. The minimum absolute atomic E-state index is 0.505. The lowest BCUT2D eigenvalue weighted by molar-refractivity contribution is 0.178. The number of benzene rings is 1. The van der Waals surface area contributed by atoms with Crippen LogP contribution in [0.5, 0.6) is 5.75 Å². The van der Waals surface area contributed by atoms with Gasteiger partial charge in [-0.05, 0) is 48.9 Å². The predicted molar refractivity (Wildman–Crippen MR) is 80.2 cm³/mol. The second-order valence-electron chi connectivity index (χ2n) is 4.95. The third kappa shape index (κ3) is 2.99. The molecule has 0 aliphatic rings. The van der Waals surface area contributed by atoms with Gasteiger partial charge in [-0.2, -0.15) is 0 Å². The Morgan fingerprint density at radius 3 is 2.42 bits per heavy atom. The lowest BCUT2D eigenvalue weighted by atomic mass is 9.95. The second kappa shape index (κ2) is 5.76. The molecule has 0 spiro atoms. The van der Waals surface area contributed by atoms with Gasteiger partial charge in [-0.25, -0.2) is 0 Å². The standard InChI is InChI=1S/C16H20O2S/c1-10-7-11(2)13(12(3)8-10)9-14(17)16-15(18-4)5-6-19-16/h5-8,14,17H,9H2,1-4H3. The van der Waals surface area contributed by atoms with Crippen LogP contribution in [0.1, 0.15) is 33.2 Å². The number of methoxy groups -OCH3 is 1. The SMILES string of the molecule is COc1ccsc1C(O)Cc1c(C)cc(C)cc1C. The van der Waals surface area contributed by atoms with Crippen LogP contribution >= 0.6 is 11.3 Å². The average molecular weight is 276 g/mol. The monoisotopic (exact) mass is 276 g/mol. The molecule has 102 valence electrons. The van der Waals surface area contributed by atoms with Crippen molar-refractivity contribution in [2.24, 2.45) is 0 Å². The van der Waals surface area contributed by atoms with E-state index in [9.17, 15) is 5.11 Å². The Morgan fingerprint density at radius 2 is 1.84 bits per heavy atom. The van der Waals surface area contributed by atoms with E-state index >= 15 is 0 Å². The molecule has 0 aliphatic carbocycles. The Kier molecular flexibility index (Phi) is 4.27. The number of hydrogen-bond acceptors (Lipinski definition) is 3. The zero-order chi connectivity index (χ0) is 14.0. The van der Waals surface area contributed by atoms with Gasteiger partial charge in [-0.3, -0.25) is 0 Å². The highest BCUT2D eigenvalue weighted by Crippen LogP contribution is 2.33. The molecule has 0 amide bonds. The van der Waals surface area contributed by atoms with Crippen LogP contribution in [0, 0.1) is 20.8 Å². The summed E-state index contributed by atoms with van der Waals surface area (Å²) in [4.78, 5) is 0.905. The number of aryl methyl sites for hydroxylation is 3. The van der Waals surface area contributed by atoms with Crippen LogP contribution in [0.15, 0.2) is 23.6 Å². The first-order valence-corrected chi connectivity index (χ1v) is 7.27. The van der Waals surface area contributed by atoms with Gasteiger partial charge < -0.3 is 9.84 Å². The highest BCUT2D eigenvalue weighted by molar-refractivity contribution is 7.10. The number of ether oxygens (including phenoxy) is 1. The Bertz CT molecular complexity index is 549. The Balaban J connectivity index is 2.27. The van der Waals surface area contributed by atoms with Gasteiger partial charge in [0.25, 0.3) is 0 Å². The molecule has 1 heterocycles. The molecule has 1 unspecified atom stereocenters. The van der Waals surface area contributed by atoms with Crippen molar-refractivity contribution in [3.63, 3.8) is 0 Å². The third-order valence-corrected chi connectivity index (χ3v) is 4.42. The predicted octanol–water partition coefficient (Wildman–Crippen LogP) is 3.96. The number of rotatable bonds is 4. The maximum absolute atomic E-state index is 10.4. The van der Waals surface area contributed by atoms with E-state index in [0.717, 1.165) is 10.6 Å². The maximum atomic E-state index is 10.4. The topological polar surface area (TPSA) is 29.5 Å². The summed E-state index contributed by atoms with van der Waals surface area (Å²) >= 11 is 1.54. The van der Waals surface area contributed by atoms with Crippen molar-refractivity contribution in [2.45, 2.75) is 33.3 Å². The Labute approximate surface area is 118 Å². The van der Waals surface area contributed by atoms with Crippen molar-refractivity contribution >= 4 is 11.3 Å². The van der Waals surface area contributed by atoms with E-state index in [-0.39, 0.29) is 0 Å². The molecule has 0 saturated carbocycles. The summed E-state index contributed by atoms with van der Waals surface area (Å²) in [7, 11) is 1.64. The van der Waals surface area contributed by atoms with Crippen molar-refractivity contribution in [2.75, 3.05) is 7.11 Å². The maximum Gasteiger partial charge on any atom is 0.135 e. The molecule has 0 fully saturated rings. The van der Waals surface area contributed by atoms with E-state index in [0.29, 0.717) is 6.42 Å². The molecule has 3 heteroatoms. The highest BCUT2D eigenvalue weighted by atomic mass is 32.1. The molecular weight excluding hydrogens is 256 g/mol. The molecule has 1 aromatic carbocycles. The molecule has 0 aliphatic heterocycles. The zero-order valence-electron chi connectivity index (χ0n) is 11.9. The Hall–Kier alpha value is -1.32. The van der Waals surface area contributed by atoms with Crippen molar-refractivity contribution in [1.82, 2.24) is 0 Å². The fraction of sp³-hybridized carbons (Fsp3) is 0.375.